The van der Waals surface area contributed by atoms with E-state index in [1.54, 1.807) is 50.9 Å². The zero-order chi connectivity index (χ0) is 31.7. The molecule has 4 rings (SSSR count). The summed E-state index contributed by atoms with van der Waals surface area (Å²) in [6.07, 6.45) is -1.93. The zero-order valence-corrected chi connectivity index (χ0v) is 25.2. The molecule has 11 nitrogen and oxygen atoms in total. The molecule has 3 aromatic carbocycles. The van der Waals surface area contributed by atoms with Crippen molar-refractivity contribution >= 4 is 24.9 Å². The van der Waals surface area contributed by atoms with Crippen molar-refractivity contribution in [3.05, 3.63) is 65.5 Å². The standard InChI is InChI=1S/C30H33FN3O8P/c1-17-6-7-18(31)12-25(17)42-15-22-20(10-11-23-28(22)34(4)29(36)30(2,3)33-23)21-9-8-19(13-26(21)40-5)41-16-27(24(35)14-32)43(37,38)39/h6-13,24,27,33,35H,15-16H2,1-5H3,(H2,37,38,39)/t24?,27-/m0/s1. The number of aryl methyl sites for hydroxylation is 1. The predicted octanol–water partition coefficient (Wildman–Crippen LogP) is 4.37. The Balaban J connectivity index is 1.77. The van der Waals surface area contributed by atoms with E-state index in [0.29, 0.717) is 39.6 Å². The number of hydrogen-bond donors (Lipinski definition) is 4. The smallest absolute Gasteiger partial charge is 0.335 e. The summed E-state index contributed by atoms with van der Waals surface area (Å²) in [5.74, 6) is 0.220. The van der Waals surface area contributed by atoms with Crippen molar-refractivity contribution in [3.63, 3.8) is 0 Å². The fraction of sp³-hybridized carbons (Fsp3) is 0.333. The molecule has 1 aliphatic heterocycles. The van der Waals surface area contributed by atoms with E-state index >= 15 is 0 Å². The maximum absolute atomic E-state index is 14.0. The van der Waals surface area contributed by atoms with Crippen molar-refractivity contribution in [2.45, 2.75) is 44.7 Å². The van der Waals surface area contributed by atoms with Gasteiger partial charge in [0.15, 0.2) is 6.10 Å². The van der Waals surface area contributed by atoms with Crippen LogP contribution in [0, 0.1) is 24.1 Å². The second-order valence-electron chi connectivity index (χ2n) is 10.7. The van der Waals surface area contributed by atoms with Crippen LogP contribution in [-0.4, -0.2) is 58.9 Å². The number of nitrogens with one attached hydrogen (secondary N) is 1. The van der Waals surface area contributed by atoms with Gasteiger partial charge in [0.25, 0.3) is 5.91 Å². The number of methoxy groups -OCH3 is 1. The number of fused-ring (bicyclic) bond motifs is 1. The van der Waals surface area contributed by atoms with Gasteiger partial charge < -0.3 is 39.3 Å². The minimum atomic E-state index is -4.84. The fourth-order valence-corrected chi connectivity index (χ4v) is 5.64. The third-order valence-corrected chi connectivity index (χ3v) is 8.54. The van der Waals surface area contributed by atoms with E-state index in [9.17, 15) is 28.6 Å². The van der Waals surface area contributed by atoms with Crippen molar-refractivity contribution in [1.29, 1.82) is 5.26 Å². The number of aliphatic hydroxyl groups is 1. The molecule has 0 spiro atoms. The molecule has 2 atom stereocenters. The first-order valence-electron chi connectivity index (χ1n) is 13.2. The molecule has 0 saturated carbocycles. The molecule has 1 unspecified atom stereocenters. The molecule has 13 heteroatoms. The van der Waals surface area contributed by atoms with Crippen LogP contribution < -0.4 is 24.4 Å². The number of rotatable bonds is 10. The van der Waals surface area contributed by atoms with Gasteiger partial charge in [-0.15, -0.1) is 0 Å². The molecular weight excluding hydrogens is 580 g/mol. The van der Waals surface area contributed by atoms with Gasteiger partial charge >= 0.3 is 7.60 Å². The summed E-state index contributed by atoms with van der Waals surface area (Å²) in [6.45, 7) is 4.71. The molecule has 0 aliphatic carbocycles. The number of halogens is 1. The predicted molar refractivity (Wildman–Crippen MR) is 158 cm³/mol. The number of benzene rings is 3. The maximum Gasteiger partial charge on any atom is 0.335 e. The molecule has 43 heavy (non-hydrogen) atoms. The first kappa shape index (κ1) is 31.8. The second kappa shape index (κ2) is 12.2. The summed E-state index contributed by atoms with van der Waals surface area (Å²) in [7, 11) is -1.74. The number of amides is 1. The Morgan fingerprint density at radius 1 is 1.09 bits per heavy atom. The van der Waals surface area contributed by atoms with Crippen molar-refractivity contribution < 1.29 is 42.9 Å². The zero-order valence-electron chi connectivity index (χ0n) is 24.3. The molecule has 0 aromatic heterocycles. The van der Waals surface area contributed by atoms with Crippen molar-refractivity contribution in [2.75, 3.05) is 31.0 Å². The number of nitriles is 1. The Bertz CT molecular complexity index is 1630. The van der Waals surface area contributed by atoms with Crippen LogP contribution in [0.2, 0.25) is 0 Å². The van der Waals surface area contributed by atoms with Gasteiger partial charge in [-0.05, 0) is 56.2 Å². The summed E-state index contributed by atoms with van der Waals surface area (Å²) in [6, 6.07) is 14.1. The Kier molecular flexibility index (Phi) is 9.04. The maximum atomic E-state index is 14.0. The Morgan fingerprint density at radius 3 is 2.44 bits per heavy atom. The van der Waals surface area contributed by atoms with Crippen molar-refractivity contribution in [3.8, 4) is 34.4 Å². The summed E-state index contributed by atoms with van der Waals surface area (Å²) in [5.41, 5.74) is 1.24. The van der Waals surface area contributed by atoms with Gasteiger partial charge in [-0.1, -0.05) is 12.1 Å². The van der Waals surface area contributed by atoms with Gasteiger partial charge in [-0.2, -0.15) is 5.26 Å². The van der Waals surface area contributed by atoms with E-state index in [-0.39, 0.29) is 18.3 Å². The third kappa shape index (κ3) is 6.60. The molecule has 3 aromatic rings. The molecule has 0 fully saturated rings. The monoisotopic (exact) mass is 613 g/mol. The molecule has 1 heterocycles. The van der Waals surface area contributed by atoms with E-state index in [1.807, 2.05) is 12.1 Å². The number of carbonyl (C=O) groups excluding carboxylic acids is 1. The third-order valence-electron chi connectivity index (χ3n) is 7.24. The molecule has 4 N–H and O–H groups in total. The Hall–Kier alpha value is -4.14. The van der Waals surface area contributed by atoms with Crippen LogP contribution in [-0.2, 0) is 16.0 Å². The van der Waals surface area contributed by atoms with Crippen LogP contribution in [0.3, 0.4) is 0 Å². The normalized spacial score (nSPS) is 15.5. The average Bonchev–Trinajstić information content (AvgIpc) is 2.95. The van der Waals surface area contributed by atoms with E-state index in [1.165, 1.54) is 31.4 Å². The first-order valence-corrected chi connectivity index (χ1v) is 14.9. The van der Waals surface area contributed by atoms with Crippen LogP contribution in [0.5, 0.6) is 17.2 Å². The van der Waals surface area contributed by atoms with Crippen LogP contribution in [0.1, 0.15) is 25.0 Å². The molecule has 1 aliphatic rings. The number of ether oxygens (including phenoxy) is 3. The molecule has 228 valence electrons. The van der Waals surface area contributed by atoms with Gasteiger partial charge in [-0.25, -0.2) is 4.39 Å². The van der Waals surface area contributed by atoms with Gasteiger partial charge in [0, 0.05) is 30.3 Å². The molecule has 0 saturated heterocycles. The quantitative estimate of drug-likeness (QED) is 0.191. The molecule has 1 amide bonds. The lowest BCUT2D eigenvalue weighted by Crippen LogP contribution is -2.52. The van der Waals surface area contributed by atoms with Gasteiger partial charge in [0.05, 0.1) is 24.6 Å². The lowest BCUT2D eigenvalue weighted by Gasteiger charge is -2.39. The van der Waals surface area contributed by atoms with E-state index in [4.69, 9.17) is 19.5 Å². The van der Waals surface area contributed by atoms with E-state index in [0.717, 1.165) is 5.56 Å². The lowest BCUT2D eigenvalue weighted by molar-refractivity contribution is -0.121. The highest BCUT2D eigenvalue weighted by Gasteiger charge is 2.39. The Labute approximate surface area is 248 Å². The van der Waals surface area contributed by atoms with Gasteiger partial charge in [-0.3, -0.25) is 9.36 Å². The van der Waals surface area contributed by atoms with Gasteiger partial charge in [0.1, 0.15) is 47.5 Å². The van der Waals surface area contributed by atoms with Crippen molar-refractivity contribution in [1.82, 2.24) is 0 Å². The number of carbonyl (C=O) groups is 1. The fourth-order valence-electron chi connectivity index (χ4n) is 4.93. The number of nitrogens with zero attached hydrogens (tertiary/aromatic N) is 2. The van der Waals surface area contributed by atoms with Crippen molar-refractivity contribution in [2.24, 2.45) is 0 Å². The SMILES string of the molecule is COc1cc(OC[C@@H](C(O)C#N)P(=O)(O)O)ccc1-c1ccc2c(c1COc1cc(F)ccc1C)N(C)C(=O)C(C)(C)N2. The Morgan fingerprint density at radius 2 is 1.79 bits per heavy atom. The second-order valence-corrected chi connectivity index (χ2v) is 12.5. The van der Waals surface area contributed by atoms with E-state index < -0.39 is 37.3 Å². The van der Waals surface area contributed by atoms with E-state index in [2.05, 4.69) is 5.32 Å². The van der Waals surface area contributed by atoms with Crippen LogP contribution in [0.25, 0.3) is 11.1 Å². The van der Waals surface area contributed by atoms with Crippen LogP contribution in [0.4, 0.5) is 15.8 Å². The van der Waals surface area contributed by atoms with Crippen LogP contribution >= 0.6 is 7.60 Å². The summed E-state index contributed by atoms with van der Waals surface area (Å²) >= 11 is 0. The minimum absolute atomic E-state index is 0.0278. The molecule has 0 radical (unpaired) electrons. The number of anilines is 2. The number of hydrogen-bond acceptors (Lipinski definition) is 8. The summed E-state index contributed by atoms with van der Waals surface area (Å²) < 4.78 is 43.1. The summed E-state index contributed by atoms with van der Waals surface area (Å²) in [4.78, 5) is 33.9. The van der Waals surface area contributed by atoms with Gasteiger partial charge in [0.2, 0.25) is 0 Å². The van der Waals surface area contributed by atoms with Crippen LogP contribution in [0.15, 0.2) is 48.5 Å². The number of aliphatic hydroxyl groups excluding tert-OH is 1. The average molecular weight is 614 g/mol. The largest absolute Gasteiger partial charge is 0.496 e. The highest BCUT2D eigenvalue weighted by atomic mass is 31.2. The molecule has 0 bridgehead atoms. The first-order chi connectivity index (χ1) is 20.2. The topological polar surface area (TPSA) is 162 Å². The molecular formula is C30H33FN3O8P. The lowest BCUT2D eigenvalue weighted by atomic mass is 9.91. The highest BCUT2D eigenvalue weighted by molar-refractivity contribution is 7.52. The number of likely N-dealkylation sites (N-methyl/N-ethyl adjacent to an activating group) is 1. The summed E-state index contributed by atoms with van der Waals surface area (Å²) in [5, 5.41) is 22.0. The minimum Gasteiger partial charge on any atom is -0.496 e. The highest BCUT2D eigenvalue weighted by Crippen LogP contribution is 2.46.